The molecule has 2 N–H and O–H groups in total. The molecule has 2 atom stereocenters. The van der Waals surface area contributed by atoms with E-state index in [1.807, 2.05) is 66.7 Å². The summed E-state index contributed by atoms with van der Waals surface area (Å²) in [6.07, 6.45) is 3.64. The summed E-state index contributed by atoms with van der Waals surface area (Å²) >= 11 is 1.37. The van der Waals surface area contributed by atoms with E-state index in [-0.39, 0.29) is 30.5 Å². The molecule has 1 fully saturated rings. The Balaban J connectivity index is 1.20. The molecular weight excluding hydrogens is 486 g/mol. The number of fused-ring (bicyclic) bond motifs is 1. The number of hydrogen-bond donors (Lipinski definition) is 2. The van der Waals surface area contributed by atoms with Gasteiger partial charge in [0.1, 0.15) is 17.3 Å². The van der Waals surface area contributed by atoms with Gasteiger partial charge in [0.15, 0.2) is 11.5 Å². The van der Waals surface area contributed by atoms with E-state index >= 15 is 0 Å². The Morgan fingerprint density at radius 1 is 0.892 bits per heavy atom. The second kappa shape index (κ2) is 11.4. The van der Waals surface area contributed by atoms with Gasteiger partial charge < -0.3 is 20.1 Å². The molecule has 1 aromatic heterocycles. The van der Waals surface area contributed by atoms with Crippen LogP contribution in [0.4, 0.5) is 0 Å². The van der Waals surface area contributed by atoms with Gasteiger partial charge in [-0.05, 0) is 47.9 Å². The number of amides is 2. The summed E-state index contributed by atoms with van der Waals surface area (Å²) in [6.45, 7) is 0.242. The van der Waals surface area contributed by atoms with Crippen LogP contribution in [0.25, 0.3) is 10.8 Å². The van der Waals surface area contributed by atoms with E-state index in [4.69, 9.17) is 9.47 Å². The Bertz CT molecular complexity index is 1400. The van der Waals surface area contributed by atoms with E-state index in [9.17, 15) is 9.59 Å². The van der Waals surface area contributed by atoms with Crippen molar-refractivity contribution in [2.24, 2.45) is 0 Å². The molecule has 2 unspecified atom stereocenters. The number of benzene rings is 3. The lowest BCUT2D eigenvalue weighted by atomic mass is 9.90. The van der Waals surface area contributed by atoms with E-state index in [0.717, 1.165) is 36.5 Å². The average Bonchev–Trinajstić information content (AvgIpc) is 3.42. The Kier molecular flexibility index (Phi) is 7.65. The summed E-state index contributed by atoms with van der Waals surface area (Å²) in [5.41, 5.74) is 0.974. The predicted octanol–water partition coefficient (Wildman–Crippen LogP) is 5.35. The maximum atomic E-state index is 13.0. The Morgan fingerprint density at radius 2 is 1.57 bits per heavy atom. The summed E-state index contributed by atoms with van der Waals surface area (Å²) in [6, 6.07) is 20.8. The number of thiazole rings is 1. The monoisotopic (exact) mass is 515 g/mol. The molecule has 0 aliphatic heterocycles. The second-order valence-electron chi connectivity index (χ2n) is 9.07. The zero-order valence-electron chi connectivity index (χ0n) is 20.6. The van der Waals surface area contributed by atoms with E-state index in [2.05, 4.69) is 15.6 Å². The highest BCUT2D eigenvalue weighted by molar-refractivity contribution is 7.09. The lowest BCUT2D eigenvalue weighted by Gasteiger charge is -2.32. The molecule has 1 aliphatic carbocycles. The van der Waals surface area contributed by atoms with Crippen molar-refractivity contribution in [3.8, 4) is 11.5 Å². The number of carbonyl (C=O) groups is 2. The third-order valence-corrected chi connectivity index (χ3v) is 7.44. The summed E-state index contributed by atoms with van der Waals surface area (Å²) in [7, 11) is 1.59. The number of methoxy groups -OCH3 is 1. The minimum atomic E-state index is -0.239. The number of aromatic nitrogens is 1. The van der Waals surface area contributed by atoms with Crippen LogP contribution in [0.2, 0.25) is 0 Å². The zero-order chi connectivity index (χ0) is 25.6. The number of rotatable bonds is 8. The molecule has 3 aromatic carbocycles. The molecule has 0 spiro atoms. The quantitative estimate of drug-likeness (QED) is 0.330. The molecule has 0 radical (unpaired) electrons. The average molecular weight is 516 g/mol. The first kappa shape index (κ1) is 24.8. The van der Waals surface area contributed by atoms with Gasteiger partial charge in [-0.3, -0.25) is 9.59 Å². The van der Waals surface area contributed by atoms with Crippen molar-refractivity contribution in [3.63, 3.8) is 0 Å². The van der Waals surface area contributed by atoms with E-state index in [0.29, 0.717) is 27.8 Å². The van der Waals surface area contributed by atoms with Crippen molar-refractivity contribution < 1.29 is 19.1 Å². The number of nitrogens with zero attached hydrogens (tertiary/aromatic N) is 1. The van der Waals surface area contributed by atoms with Crippen molar-refractivity contribution in [2.45, 2.75) is 44.4 Å². The number of nitrogens with one attached hydrogen (secondary N) is 2. The van der Waals surface area contributed by atoms with Crippen LogP contribution in [0, 0.1) is 0 Å². The van der Waals surface area contributed by atoms with Gasteiger partial charge in [0.05, 0.1) is 7.11 Å². The first-order valence-electron chi connectivity index (χ1n) is 12.4. The van der Waals surface area contributed by atoms with Crippen LogP contribution >= 0.6 is 11.3 Å². The first-order valence-corrected chi connectivity index (χ1v) is 13.3. The molecule has 1 heterocycles. The number of para-hydroxylation sites is 2. The fourth-order valence-electron chi connectivity index (χ4n) is 4.66. The van der Waals surface area contributed by atoms with Crippen molar-refractivity contribution in [3.05, 3.63) is 88.4 Å². The lowest BCUT2D eigenvalue weighted by molar-refractivity contribution is 0.0860. The van der Waals surface area contributed by atoms with Crippen LogP contribution in [-0.4, -0.2) is 36.0 Å². The van der Waals surface area contributed by atoms with Crippen molar-refractivity contribution in [1.82, 2.24) is 15.6 Å². The van der Waals surface area contributed by atoms with Crippen LogP contribution in [0.3, 0.4) is 0 Å². The second-order valence-corrected chi connectivity index (χ2v) is 10.0. The molecule has 0 saturated heterocycles. The van der Waals surface area contributed by atoms with Crippen LogP contribution in [-0.2, 0) is 6.61 Å². The topological polar surface area (TPSA) is 89.6 Å². The summed E-state index contributed by atoms with van der Waals surface area (Å²) < 4.78 is 11.1. The number of ether oxygens (including phenoxy) is 2. The summed E-state index contributed by atoms with van der Waals surface area (Å²) in [5.74, 6) is 0.905. The van der Waals surface area contributed by atoms with E-state index < -0.39 is 0 Å². The smallest absolute Gasteiger partial charge is 0.271 e. The van der Waals surface area contributed by atoms with Gasteiger partial charge in [-0.15, -0.1) is 11.3 Å². The highest BCUT2D eigenvalue weighted by Gasteiger charge is 2.29. The fourth-order valence-corrected chi connectivity index (χ4v) is 5.35. The molecule has 7 nitrogen and oxygen atoms in total. The fraction of sp³-hybridized carbons (Fsp3) is 0.276. The Morgan fingerprint density at radius 3 is 2.32 bits per heavy atom. The molecule has 190 valence electrons. The predicted molar refractivity (Wildman–Crippen MR) is 144 cm³/mol. The zero-order valence-corrected chi connectivity index (χ0v) is 21.4. The van der Waals surface area contributed by atoms with Gasteiger partial charge in [0, 0.05) is 23.0 Å². The van der Waals surface area contributed by atoms with E-state index in [1.165, 1.54) is 11.3 Å². The lowest BCUT2D eigenvalue weighted by Crippen LogP contribution is -2.53. The van der Waals surface area contributed by atoms with Gasteiger partial charge in [-0.1, -0.05) is 55.3 Å². The number of carbonyl (C=O) groups excluding carboxylic acids is 2. The van der Waals surface area contributed by atoms with Crippen molar-refractivity contribution in [1.29, 1.82) is 0 Å². The van der Waals surface area contributed by atoms with Gasteiger partial charge in [-0.25, -0.2) is 4.98 Å². The molecule has 1 saturated carbocycles. The molecule has 37 heavy (non-hydrogen) atoms. The molecule has 1 aliphatic rings. The minimum Gasteiger partial charge on any atom is -0.493 e. The van der Waals surface area contributed by atoms with Gasteiger partial charge >= 0.3 is 0 Å². The van der Waals surface area contributed by atoms with Gasteiger partial charge in [0.25, 0.3) is 11.8 Å². The molecule has 8 heteroatoms. The van der Waals surface area contributed by atoms with Crippen molar-refractivity contribution >= 4 is 33.9 Å². The molecule has 2 amide bonds. The van der Waals surface area contributed by atoms with Crippen LogP contribution in [0.1, 0.15) is 51.5 Å². The van der Waals surface area contributed by atoms with Crippen LogP contribution < -0.4 is 20.1 Å². The van der Waals surface area contributed by atoms with Crippen LogP contribution in [0.5, 0.6) is 11.5 Å². The Hall–Kier alpha value is -3.91. The summed E-state index contributed by atoms with van der Waals surface area (Å²) in [4.78, 5) is 30.5. The van der Waals surface area contributed by atoms with Gasteiger partial charge in [-0.2, -0.15) is 0 Å². The normalized spacial score (nSPS) is 17.2. The third-order valence-electron chi connectivity index (χ3n) is 6.62. The third kappa shape index (κ3) is 5.91. The van der Waals surface area contributed by atoms with Crippen molar-refractivity contribution in [2.75, 3.05) is 7.11 Å². The first-order chi connectivity index (χ1) is 18.1. The molecule has 0 bridgehead atoms. The summed E-state index contributed by atoms with van der Waals surface area (Å²) in [5, 5.41) is 10.8. The number of hydrogen-bond acceptors (Lipinski definition) is 6. The molecule has 4 aromatic rings. The van der Waals surface area contributed by atoms with E-state index in [1.54, 1.807) is 12.5 Å². The van der Waals surface area contributed by atoms with Crippen LogP contribution in [0.15, 0.2) is 72.1 Å². The maximum absolute atomic E-state index is 13.0. The highest BCUT2D eigenvalue weighted by Crippen LogP contribution is 2.27. The highest BCUT2D eigenvalue weighted by atomic mass is 32.1. The molecular formula is C29H29N3O4S. The SMILES string of the molecule is COc1ccccc1OCc1nc(C(=O)NC2CCCCC2NC(=O)c2ccc3ccccc3c2)cs1. The standard InChI is InChI=1S/C29H29N3O4S/c1-35-25-12-6-7-13-26(25)36-17-27-30-24(18-37-27)29(34)32-23-11-5-4-10-22(23)31-28(33)21-15-14-19-8-2-3-9-20(19)16-21/h2-3,6-9,12-16,18,22-23H,4-5,10-11,17H2,1H3,(H,31,33)(H,32,34). The largest absolute Gasteiger partial charge is 0.493 e. The molecule has 5 rings (SSSR count). The Labute approximate surface area is 219 Å². The minimum absolute atomic E-state index is 0.124. The maximum Gasteiger partial charge on any atom is 0.271 e. The van der Waals surface area contributed by atoms with Gasteiger partial charge in [0.2, 0.25) is 0 Å².